The summed E-state index contributed by atoms with van der Waals surface area (Å²) < 4.78 is 26.8. The predicted molar refractivity (Wildman–Crippen MR) is 75.1 cm³/mol. The maximum absolute atomic E-state index is 13.5. The lowest BCUT2D eigenvalue weighted by molar-refractivity contribution is 0.102. The Hall–Kier alpha value is -2.43. The first kappa shape index (κ1) is 14.0. The number of anilines is 2. The largest absolute Gasteiger partial charge is 0.376 e. The summed E-state index contributed by atoms with van der Waals surface area (Å²) >= 11 is 0. The van der Waals surface area contributed by atoms with Crippen LogP contribution in [0.2, 0.25) is 0 Å². The standard InChI is InChI=1S/C15H14F2N2O/c1-19(2)14-8-7-10(16)9-13(14)18-15(20)11-5-3-4-6-12(11)17/h3-9H,1-2H3,(H,18,20). The number of hydrogen-bond donors (Lipinski definition) is 1. The molecule has 0 saturated heterocycles. The van der Waals surface area contributed by atoms with Crippen LogP contribution in [0.5, 0.6) is 0 Å². The highest BCUT2D eigenvalue weighted by Gasteiger charge is 2.14. The summed E-state index contributed by atoms with van der Waals surface area (Å²) in [6.07, 6.45) is 0. The van der Waals surface area contributed by atoms with E-state index in [1.165, 1.54) is 30.3 Å². The second-order valence-electron chi connectivity index (χ2n) is 4.49. The molecule has 5 heteroatoms. The molecule has 0 aliphatic heterocycles. The molecule has 0 aliphatic rings. The molecule has 0 heterocycles. The Bertz CT molecular complexity index is 642. The van der Waals surface area contributed by atoms with Gasteiger partial charge in [0.1, 0.15) is 11.6 Å². The Kier molecular flexibility index (Phi) is 3.98. The van der Waals surface area contributed by atoms with Crippen molar-refractivity contribution >= 4 is 17.3 Å². The van der Waals surface area contributed by atoms with E-state index in [-0.39, 0.29) is 5.56 Å². The van der Waals surface area contributed by atoms with Gasteiger partial charge in [-0.1, -0.05) is 12.1 Å². The first-order chi connectivity index (χ1) is 9.49. The van der Waals surface area contributed by atoms with Crippen molar-refractivity contribution in [2.45, 2.75) is 0 Å². The zero-order chi connectivity index (χ0) is 14.7. The van der Waals surface area contributed by atoms with Crippen molar-refractivity contribution in [3.8, 4) is 0 Å². The lowest BCUT2D eigenvalue weighted by Gasteiger charge is -2.18. The average molecular weight is 276 g/mol. The summed E-state index contributed by atoms with van der Waals surface area (Å²) in [6.45, 7) is 0. The number of nitrogens with one attached hydrogen (secondary N) is 1. The summed E-state index contributed by atoms with van der Waals surface area (Å²) in [6, 6.07) is 9.69. The fourth-order valence-electron chi connectivity index (χ4n) is 1.83. The average Bonchev–Trinajstić information content (AvgIpc) is 2.38. The maximum Gasteiger partial charge on any atom is 0.258 e. The van der Waals surface area contributed by atoms with Gasteiger partial charge in [0.2, 0.25) is 0 Å². The molecule has 0 aliphatic carbocycles. The summed E-state index contributed by atoms with van der Waals surface area (Å²) in [5, 5.41) is 2.53. The van der Waals surface area contributed by atoms with Crippen molar-refractivity contribution in [2.24, 2.45) is 0 Å². The van der Waals surface area contributed by atoms with Gasteiger partial charge in [-0.25, -0.2) is 8.78 Å². The van der Waals surface area contributed by atoms with Gasteiger partial charge in [-0.2, -0.15) is 0 Å². The lowest BCUT2D eigenvalue weighted by Crippen LogP contribution is -2.17. The number of carbonyl (C=O) groups is 1. The molecule has 0 radical (unpaired) electrons. The SMILES string of the molecule is CN(C)c1ccc(F)cc1NC(=O)c1ccccc1F. The molecule has 0 atom stereocenters. The van der Waals surface area contributed by atoms with Crippen LogP contribution in [0.3, 0.4) is 0 Å². The Labute approximate surface area is 115 Å². The molecule has 0 unspecified atom stereocenters. The van der Waals surface area contributed by atoms with Crippen LogP contribution in [0, 0.1) is 11.6 Å². The Morgan fingerprint density at radius 2 is 1.80 bits per heavy atom. The third kappa shape index (κ3) is 2.93. The van der Waals surface area contributed by atoms with Gasteiger partial charge in [0, 0.05) is 14.1 Å². The van der Waals surface area contributed by atoms with Crippen molar-refractivity contribution in [1.82, 2.24) is 0 Å². The smallest absolute Gasteiger partial charge is 0.258 e. The molecule has 0 bridgehead atoms. The van der Waals surface area contributed by atoms with Gasteiger partial charge in [-0.15, -0.1) is 0 Å². The summed E-state index contributed by atoms with van der Waals surface area (Å²) in [7, 11) is 3.54. The van der Waals surface area contributed by atoms with Gasteiger partial charge in [0.25, 0.3) is 5.91 Å². The van der Waals surface area contributed by atoms with Crippen LogP contribution in [-0.4, -0.2) is 20.0 Å². The second-order valence-corrected chi connectivity index (χ2v) is 4.49. The van der Waals surface area contributed by atoms with Crippen LogP contribution in [0.1, 0.15) is 10.4 Å². The van der Waals surface area contributed by atoms with E-state index in [1.807, 2.05) is 0 Å². The second kappa shape index (κ2) is 5.69. The number of halogens is 2. The van der Waals surface area contributed by atoms with E-state index in [1.54, 1.807) is 31.1 Å². The van der Waals surface area contributed by atoms with Gasteiger partial charge in [-0.05, 0) is 30.3 Å². The number of nitrogens with zero attached hydrogens (tertiary/aromatic N) is 1. The number of hydrogen-bond acceptors (Lipinski definition) is 2. The normalized spacial score (nSPS) is 10.2. The minimum absolute atomic E-state index is 0.0820. The number of rotatable bonds is 3. The number of carbonyl (C=O) groups excluding carboxylic acids is 1. The van der Waals surface area contributed by atoms with Crippen molar-refractivity contribution in [3.05, 3.63) is 59.7 Å². The third-order valence-electron chi connectivity index (χ3n) is 2.81. The quantitative estimate of drug-likeness (QED) is 0.933. The fourth-order valence-corrected chi connectivity index (χ4v) is 1.83. The van der Waals surface area contributed by atoms with E-state index in [0.717, 1.165) is 0 Å². The van der Waals surface area contributed by atoms with Crippen molar-refractivity contribution in [1.29, 1.82) is 0 Å². The summed E-state index contributed by atoms with van der Waals surface area (Å²) in [5.41, 5.74) is 0.848. The molecule has 20 heavy (non-hydrogen) atoms. The molecule has 0 fully saturated rings. The summed E-state index contributed by atoms with van der Waals surface area (Å²) in [4.78, 5) is 13.8. The molecule has 104 valence electrons. The van der Waals surface area contributed by atoms with Crippen LogP contribution < -0.4 is 10.2 Å². The van der Waals surface area contributed by atoms with Crippen molar-refractivity contribution in [2.75, 3.05) is 24.3 Å². The molecular weight excluding hydrogens is 262 g/mol. The zero-order valence-electron chi connectivity index (χ0n) is 11.2. The van der Waals surface area contributed by atoms with Crippen LogP contribution in [-0.2, 0) is 0 Å². The van der Waals surface area contributed by atoms with Crippen LogP contribution in [0.25, 0.3) is 0 Å². The molecule has 2 aromatic carbocycles. The maximum atomic E-state index is 13.5. The number of amides is 1. The van der Waals surface area contributed by atoms with E-state index in [2.05, 4.69) is 5.32 Å². The first-order valence-corrected chi connectivity index (χ1v) is 6.02. The van der Waals surface area contributed by atoms with Gasteiger partial charge in [0.15, 0.2) is 0 Å². The Morgan fingerprint density at radius 3 is 2.45 bits per heavy atom. The van der Waals surface area contributed by atoms with Crippen molar-refractivity contribution < 1.29 is 13.6 Å². The molecule has 1 amide bonds. The Balaban J connectivity index is 2.33. The lowest BCUT2D eigenvalue weighted by atomic mass is 10.2. The topological polar surface area (TPSA) is 32.3 Å². The third-order valence-corrected chi connectivity index (χ3v) is 2.81. The highest BCUT2D eigenvalue weighted by Crippen LogP contribution is 2.25. The monoisotopic (exact) mass is 276 g/mol. The molecule has 0 spiro atoms. The van der Waals surface area contributed by atoms with Crippen LogP contribution in [0.4, 0.5) is 20.2 Å². The summed E-state index contributed by atoms with van der Waals surface area (Å²) in [5.74, 6) is -1.70. The van der Waals surface area contributed by atoms with E-state index in [9.17, 15) is 13.6 Å². The highest BCUT2D eigenvalue weighted by molar-refractivity contribution is 6.06. The van der Waals surface area contributed by atoms with E-state index < -0.39 is 17.5 Å². The predicted octanol–water partition coefficient (Wildman–Crippen LogP) is 3.28. The van der Waals surface area contributed by atoms with Gasteiger partial charge >= 0.3 is 0 Å². The molecule has 2 aromatic rings. The molecule has 0 aromatic heterocycles. The fraction of sp³-hybridized carbons (Fsp3) is 0.133. The van der Waals surface area contributed by atoms with Gasteiger partial charge in [-0.3, -0.25) is 4.79 Å². The molecule has 0 saturated carbocycles. The van der Waals surface area contributed by atoms with Gasteiger partial charge in [0.05, 0.1) is 16.9 Å². The Morgan fingerprint density at radius 1 is 1.10 bits per heavy atom. The number of benzene rings is 2. The van der Waals surface area contributed by atoms with Crippen LogP contribution >= 0.6 is 0 Å². The van der Waals surface area contributed by atoms with Crippen LogP contribution in [0.15, 0.2) is 42.5 Å². The van der Waals surface area contributed by atoms with Crippen molar-refractivity contribution in [3.63, 3.8) is 0 Å². The first-order valence-electron chi connectivity index (χ1n) is 6.02. The highest BCUT2D eigenvalue weighted by atomic mass is 19.1. The zero-order valence-corrected chi connectivity index (χ0v) is 11.2. The van der Waals surface area contributed by atoms with E-state index >= 15 is 0 Å². The molecule has 1 N–H and O–H groups in total. The molecule has 2 rings (SSSR count). The molecule has 3 nitrogen and oxygen atoms in total. The minimum Gasteiger partial charge on any atom is -0.376 e. The minimum atomic E-state index is -0.618. The molecular formula is C15H14F2N2O. The van der Waals surface area contributed by atoms with E-state index in [0.29, 0.717) is 11.4 Å². The van der Waals surface area contributed by atoms with Gasteiger partial charge < -0.3 is 10.2 Å². The van der Waals surface area contributed by atoms with E-state index in [4.69, 9.17) is 0 Å².